The zero-order valence-corrected chi connectivity index (χ0v) is 18.8. The maximum Gasteiger partial charge on any atom is 0.335 e. The lowest BCUT2D eigenvalue weighted by molar-refractivity contribution is -0.384. The molecule has 1 aliphatic heterocycles. The van der Waals surface area contributed by atoms with Gasteiger partial charge in [-0.3, -0.25) is 25.0 Å². The summed E-state index contributed by atoms with van der Waals surface area (Å²) < 4.78 is 11.3. The van der Waals surface area contributed by atoms with E-state index >= 15 is 0 Å². The number of hydrogen-bond acceptors (Lipinski definition) is 7. The van der Waals surface area contributed by atoms with E-state index in [-0.39, 0.29) is 23.6 Å². The summed E-state index contributed by atoms with van der Waals surface area (Å²) in [5.41, 5.74) is 0.359. The number of nitro groups is 1. The van der Waals surface area contributed by atoms with Crippen LogP contribution in [-0.2, 0) is 16.0 Å². The van der Waals surface area contributed by atoms with Crippen molar-refractivity contribution in [2.24, 2.45) is 0 Å². The molecule has 1 N–H and O–H groups in total. The topological polar surface area (TPSA) is 128 Å². The van der Waals surface area contributed by atoms with Gasteiger partial charge < -0.3 is 9.47 Å². The quantitative estimate of drug-likeness (QED) is 0.147. The molecule has 1 aliphatic rings. The second kappa shape index (κ2) is 10.8. The Morgan fingerprint density at radius 3 is 2.66 bits per heavy atom. The third-order valence-corrected chi connectivity index (χ3v) is 4.83. The average molecular weight is 475 g/mol. The molecule has 10 heteroatoms. The van der Waals surface area contributed by atoms with Crippen LogP contribution in [0.5, 0.6) is 11.5 Å². The summed E-state index contributed by atoms with van der Waals surface area (Å²) in [6, 6.07) is 7.21. The SMILES string of the molecule is C#CCOc1c(CC=C)cc(/C=C2\C(=O)NC(=O)N(c3cccc([N+](=O)[O-])c3)C2=O)cc1OCC. The highest BCUT2D eigenvalue weighted by atomic mass is 16.6. The molecule has 0 spiro atoms. The number of amides is 4. The third kappa shape index (κ3) is 5.36. The van der Waals surface area contributed by atoms with Gasteiger partial charge in [-0.05, 0) is 43.2 Å². The zero-order chi connectivity index (χ0) is 25.5. The van der Waals surface area contributed by atoms with E-state index in [4.69, 9.17) is 15.9 Å². The van der Waals surface area contributed by atoms with Gasteiger partial charge in [0.25, 0.3) is 17.5 Å². The Morgan fingerprint density at radius 1 is 1.23 bits per heavy atom. The van der Waals surface area contributed by atoms with E-state index in [9.17, 15) is 24.5 Å². The summed E-state index contributed by atoms with van der Waals surface area (Å²) in [7, 11) is 0. The van der Waals surface area contributed by atoms with Gasteiger partial charge in [-0.1, -0.05) is 18.1 Å². The van der Waals surface area contributed by atoms with Crippen molar-refractivity contribution in [2.75, 3.05) is 18.1 Å². The second-order valence-corrected chi connectivity index (χ2v) is 7.16. The number of rotatable bonds is 9. The number of carbonyl (C=O) groups excluding carboxylic acids is 3. The summed E-state index contributed by atoms with van der Waals surface area (Å²) in [5.74, 6) is 1.32. The fourth-order valence-corrected chi connectivity index (χ4v) is 3.42. The predicted octanol–water partition coefficient (Wildman–Crippen LogP) is 3.40. The number of non-ortho nitro benzene ring substituents is 1. The van der Waals surface area contributed by atoms with Gasteiger partial charge in [-0.2, -0.15) is 0 Å². The van der Waals surface area contributed by atoms with Crippen LogP contribution in [0.25, 0.3) is 6.08 Å². The van der Waals surface area contributed by atoms with Crippen molar-refractivity contribution in [3.05, 3.63) is 75.9 Å². The number of anilines is 1. The fraction of sp³-hybridized carbons (Fsp3) is 0.160. The van der Waals surface area contributed by atoms with Crippen molar-refractivity contribution in [2.45, 2.75) is 13.3 Å². The van der Waals surface area contributed by atoms with E-state index < -0.39 is 22.8 Å². The van der Waals surface area contributed by atoms with Crippen LogP contribution in [0.1, 0.15) is 18.1 Å². The molecule has 0 saturated carbocycles. The van der Waals surface area contributed by atoms with E-state index in [1.54, 1.807) is 25.1 Å². The third-order valence-electron chi connectivity index (χ3n) is 4.83. The molecule has 0 bridgehead atoms. The molecule has 35 heavy (non-hydrogen) atoms. The highest BCUT2D eigenvalue weighted by Gasteiger charge is 2.37. The Labute approximate surface area is 201 Å². The summed E-state index contributed by atoms with van der Waals surface area (Å²) in [6.45, 7) is 5.83. The van der Waals surface area contributed by atoms with Crippen LogP contribution in [0.2, 0.25) is 0 Å². The van der Waals surface area contributed by atoms with Gasteiger partial charge in [0.2, 0.25) is 0 Å². The minimum atomic E-state index is -1.02. The molecule has 178 valence electrons. The lowest BCUT2D eigenvalue weighted by Crippen LogP contribution is -2.54. The summed E-state index contributed by atoms with van der Waals surface area (Å²) in [6.07, 6.45) is 8.64. The van der Waals surface area contributed by atoms with Crippen molar-refractivity contribution in [3.8, 4) is 23.8 Å². The van der Waals surface area contributed by atoms with Gasteiger partial charge in [-0.25, -0.2) is 9.69 Å². The lowest BCUT2D eigenvalue weighted by Gasteiger charge is -2.26. The molecular formula is C25H21N3O7. The van der Waals surface area contributed by atoms with Crippen LogP contribution in [0.3, 0.4) is 0 Å². The zero-order valence-electron chi connectivity index (χ0n) is 18.8. The van der Waals surface area contributed by atoms with Crippen LogP contribution < -0.4 is 19.7 Å². The van der Waals surface area contributed by atoms with E-state index in [1.807, 2.05) is 0 Å². The number of urea groups is 1. The number of hydrogen-bond donors (Lipinski definition) is 1. The molecular weight excluding hydrogens is 454 g/mol. The molecule has 0 atom stereocenters. The second-order valence-electron chi connectivity index (χ2n) is 7.16. The van der Waals surface area contributed by atoms with E-state index in [0.717, 1.165) is 6.07 Å². The number of imide groups is 2. The molecule has 0 aliphatic carbocycles. The largest absolute Gasteiger partial charge is 0.490 e. The van der Waals surface area contributed by atoms with Crippen molar-refractivity contribution in [3.63, 3.8) is 0 Å². The highest BCUT2D eigenvalue weighted by Crippen LogP contribution is 2.35. The maximum atomic E-state index is 13.2. The first-order valence-corrected chi connectivity index (χ1v) is 10.4. The number of nitrogens with zero attached hydrogens (tertiary/aromatic N) is 2. The van der Waals surface area contributed by atoms with Gasteiger partial charge in [0.05, 0.1) is 17.2 Å². The summed E-state index contributed by atoms with van der Waals surface area (Å²) >= 11 is 0. The molecule has 10 nitrogen and oxygen atoms in total. The van der Waals surface area contributed by atoms with Gasteiger partial charge >= 0.3 is 6.03 Å². The van der Waals surface area contributed by atoms with Gasteiger partial charge in [0.1, 0.15) is 12.2 Å². The van der Waals surface area contributed by atoms with Crippen molar-refractivity contribution < 1.29 is 28.8 Å². The first kappa shape index (κ1) is 24.7. The van der Waals surface area contributed by atoms with E-state index in [0.29, 0.717) is 40.6 Å². The molecule has 2 aromatic carbocycles. The van der Waals surface area contributed by atoms with E-state index in [1.165, 1.54) is 24.3 Å². The van der Waals surface area contributed by atoms with Gasteiger partial charge in [-0.15, -0.1) is 13.0 Å². The Bertz CT molecular complexity index is 1290. The average Bonchev–Trinajstić information content (AvgIpc) is 2.82. The van der Waals surface area contributed by atoms with E-state index in [2.05, 4.69) is 17.8 Å². The molecule has 2 aromatic rings. The monoisotopic (exact) mass is 475 g/mol. The molecule has 4 amide bonds. The Balaban J connectivity index is 2.09. The van der Waals surface area contributed by atoms with Crippen molar-refractivity contribution >= 4 is 35.3 Å². The van der Waals surface area contributed by atoms with Crippen molar-refractivity contribution in [1.29, 1.82) is 0 Å². The molecule has 0 radical (unpaired) electrons. The minimum absolute atomic E-state index is 0.00578. The minimum Gasteiger partial charge on any atom is -0.490 e. The Kier molecular flexibility index (Phi) is 7.63. The van der Waals surface area contributed by atoms with Crippen LogP contribution in [0.4, 0.5) is 16.2 Å². The predicted molar refractivity (Wildman–Crippen MR) is 128 cm³/mol. The number of carbonyl (C=O) groups is 3. The Hall–Kier alpha value is -4.91. The molecule has 3 rings (SSSR count). The van der Waals surface area contributed by atoms with Crippen LogP contribution in [-0.4, -0.2) is 36.0 Å². The Morgan fingerprint density at radius 2 is 2.00 bits per heavy atom. The fourth-order valence-electron chi connectivity index (χ4n) is 3.42. The molecule has 1 fully saturated rings. The van der Waals surface area contributed by atoms with Crippen molar-refractivity contribution in [1.82, 2.24) is 5.32 Å². The normalized spacial score (nSPS) is 14.3. The standard InChI is InChI=1S/C25H21N3O7/c1-4-8-17-12-16(14-21(34-6-3)22(17)35-11-5-2)13-20-23(29)26-25(31)27(24(20)30)18-9-7-10-19(15-18)28(32)33/h2,4,7,9-10,12-15H,1,6,8,11H2,3H3,(H,26,29,31)/b20-13+. The number of barbiturate groups is 1. The van der Waals surface area contributed by atoms with Gasteiger partial charge in [0, 0.05) is 17.7 Å². The molecule has 0 aromatic heterocycles. The number of nitro benzene ring substituents is 1. The summed E-state index contributed by atoms with van der Waals surface area (Å²) in [5, 5.41) is 13.2. The molecule has 1 heterocycles. The highest BCUT2D eigenvalue weighted by molar-refractivity contribution is 6.39. The lowest BCUT2D eigenvalue weighted by atomic mass is 10.0. The maximum absolute atomic E-state index is 13.2. The van der Waals surface area contributed by atoms with Crippen LogP contribution in [0, 0.1) is 22.5 Å². The summed E-state index contributed by atoms with van der Waals surface area (Å²) in [4.78, 5) is 49.3. The van der Waals surface area contributed by atoms with Crippen LogP contribution >= 0.6 is 0 Å². The first-order chi connectivity index (χ1) is 16.8. The number of terminal acetylenes is 1. The van der Waals surface area contributed by atoms with Gasteiger partial charge in [0.15, 0.2) is 11.5 Å². The number of allylic oxidation sites excluding steroid dienone is 1. The molecule has 1 saturated heterocycles. The van der Waals surface area contributed by atoms with Crippen LogP contribution in [0.15, 0.2) is 54.6 Å². The number of nitrogens with one attached hydrogen (secondary N) is 1. The first-order valence-electron chi connectivity index (χ1n) is 10.4. The molecule has 0 unspecified atom stereocenters. The smallest absolute Gasteiger partial charge is 0.335 e. The number of benzene rings is 2. The number of ether oxygens (including phenoxy) is 2.